The maximum atomic E-state index is 11.7. The molecule has 0 radical (unpaired) electrons. The van der Waals surface area contributed by atoms with E-state index in [2.05, 4.69) is 18.5 Å². The molecule has 1 aliphatic carbocycles. The van der Waals surface area contributed by atoms with Gasteiger partial charge in [0.1, 0.15) is 0 Å². The van der Waals surface area contributed by atoms with Crippen LogP contribution in [0.5, 0.6) is 0 Å². The number of carbonyl (C=O) groups excluding carboxylic acids is 1. The summed E-state index contributed by atoms with van der Waals surface area (Å²) in [5, 5.41) is 3.28. The van der Waals surface area contributed by atoms with Gasteiger partial charge >= 0.3 is 0 Å². The number of nitrogens with one attached hydrogen (secondary N) is 1. The van der Waals surface area contributed by atoms with Gasteiger partial charge < -0.3 is 10.2 Å². The molecule has 88 valence electrons. The Morgan fingerprint density at radius 1 is 1.60 bits per heavy atom. The standard InChI is InChI=1S/C11H22N2OS/c1-9(6-7-15-3)12-8-11(14)13(2)10-4-5-10/h9-10,12H,4-8H2,1-3H3. The maximum absolute atomic E-state index is 11.7. The third kappa shape index (κ3) is 4.89. The predicted molar refractivity (Wildman–Crippen MR) is 66.3 cm³/mol. The van der Waals surface area contributed by atoms with Crippen molar-refractivity contribution in [2.45, 2.75) is 38.3 Å². The van der Waals surface area contributed by atoms with Gasteiger partial charge in [-0.1, -0.05) is 0 Å². The zero-order valence-corrected chi connectivity index (χ0v) is 10.8. The molecule has 15 heavy (non-hydrogen) atoms. The average Bonchev–Trinajstić information content (AvgIpc) is 3.05. The molecule has 0 heterocycles. The summed E-state index contributed by atoms with van der Waals surface area (Å²) in [6.07, 6.45) is 5.61. The average molecular weight is 230 g/mol. The van der Waals surface area contributed by atoms with Gasteiger partial charge in [0.2, 0.25) is 5.91 Å². The lowest BCUT2D eigenvalue weighted by Crippen LogP contribution is -2.40. The van der Waals surface area contributed by atoms with Crippen LogP contribution in [-0.2, 0) is 4.79 Å². The van der Waals surface area contributed by atoms with Crippen LogP contribution >= 0.6 is 11.8 Å². The Morgan fingerprint density at radius 2 is 2.27 bits per heavy atom. The summed E-state index contributed by atoms with van der Waals surface area (Å²) < 4.78 is 0. The minimum Gasteiger partial charge on any atom is -0.342 e. The summed E-state index contributed by atoms with van der Waals surface area (Å²) in [6.45, 7) is 2.63. The van der Waals surface area contributed by atoms with Crippen molar-refractivity contribution < 1.29 is 4.79 Å². The van der Waals surface area contributed by atoms with Crippen LogP contribution < -0.4 is 5.32 Å². The molecule has 3 nitrogen and oxygen atoms in total. The minimum absolute atomic E-state index is 0.230. The lowest BCUT2D eigenvalue weighted by atomic mass is 10.2. The molecule has 1 saturated carbocycles. The topological polar surface area (TPSA) is 32.3 Å². The first-order chi connectivity index (χ1) is 7.15. The Bertz CT molecular complexity index is 207. The number of hydrogen-bond donors (Lipinski definition) is 1. The Morgan fingerprint density at radius 3 is 2.80 bits per heavy atom. The van der Waals surface area contributed by atoms with Crippen LogP contribution in [0.1, 0.15) is 26.2 Å². The van der Waals surface area contributed by atoms with E-state index in [4.69, 9.17) is 0 Å². The van der Waals surface area contributed by atoms with Crippen LogP contribution in [0.15, 0.2) is 0 Å². The molecule has 1 rings (SSSR count). The quantitative estimate of drug-likeness (QED) is 0.716. The Balaban J connectivity index is 2.09. The van der Waals surface area contributed by atoms with E-state index in [0.717, 1.165) is 12.2 Å². The van der Waals surface area contributed by atoms with Gasteiger partial charge in [0.25, 0.3) is 0 Å². The zero-order valence-electron chi connectivity index (χ0n) is 9.95. The van der Waals surface area contributed by atoms with Crippen molar-refractivity contribution in [1.82, 2.24) is 10.2 Å². The van der Waals surface area contributed by atoms with Gasteiger partial charge in [-0.2, -0.15) is 11.8 Å². The number of carbonyl (C=O) groups is 1. The normalized spacial score (nSPS) is 17.5. The highest BCUT2D eigenvalue weighted by Crippen LogP contribution is 2.25. The summed E-state index contributed by atoms with van der Waals surface area (Å²) in [4.78, 5) is 13.5. The number of nitrogens with zero attached hydrogens (tertiary/aromatic N) is 1. The maximum Gasteiger partial charge on any atom is 0.236 e. The molecule has 4 heteroatoms. The molecule has 0 aliphatic heterocycles. The highest BCUT2D eigenvalue weighted by molar-refractivity contribution is 7.98. The third-order valence-corrected chi connectivity index (χ3v) is 3.49. The number of thioether (sulfide) groups is 1. The van der Waals surface area contributed by atoms with Gasteiger partial charge in [0.05, 0.1) is 6.54 Å². The second kappa shape index (κ2) is 6.38. The molecule has 0 spiro atoms. The van der Waals surface area contributed by atoms with Gasteiger partial charge in [-0.3, -0.25) is 4.79 Å². The number of amides is 1. The Labute approximate surface area is 97.0 Å². The number of rotatable bonds is 7. The number of likely N-dealkylation sites (N-methyl/N-ethyl adjacent to an activating group) is 1. The van der Waals surface area contributed by atoms with Gasteiger partial charge in [-0.25, -0.2) is 0 Å². The SMILES string of the molecule is CSCCC(C)NCC(=O)N(C)C1CC1. The lowest BCUT2D eigenvalue weighted by molar-refractivity contribution is -0.129. The largest absolute Gasteiger partial charge is 0.342 e. The monoisotopic (exact) mass is 230 g/mol. The van der Waals surface area contributed by atoms with E-state index in [0.29, 0.717) is 18.6 Å². The van der Waals surface area contributed by atoms with Crippen molar-refractivity contribution in [3.05, 3.63) is 0 Å². The molecule has 0 aromatic carbocycles. The van der Waals surface area contributed by atoms with Gasteiger partial charge in [-0.05, 0) is 38.2 Å². The summed E-state index contributed by atoms with van der Waals surface area (Å²) in [5.74, 6) is 1.38. The Hall–Kier alpha value is -0.220. The fourth-order valence-electron chi connectivity index (χ4n) is 1.45. The summed E-state index contributed by atoms with van der Waals surface area (Å²) in [6, 6.07) is 0.967. The minimum atomic E-state index is 0.230. The zero-order chi connectivity index (χ0) is 11.3. The molecular weight excluding hydrogens is 208 g/mol. The highest BCUT2D eigenvalue weighted by atomic mass is 32.2. The first kappa shape index (κ1) is 12.8. The van der Waals surface area contributed by atoms with Crippen molar-refractivity contribution in [2.75, 3.05) is 25.6 Å². The van der Waals surface area contributed by atoms with E-state index in [1.54, 1.807) is 0 Å². The van der Waals surface area contributed by atoms with Crippen molar-refractivity contribution in [1.29, 1.82) is 0 Å². The molecule has 1 fully saturated rings. The van der Waals surface area contributed by atoms with Gasteiger partial charge in [0, 0.05) is 19.1 Å². The molecule has 1 amide bonds. The first-order valence-corrected chi connectivity index (χ1v) is 7.02. The van der Waals surface area contributed by atoms with E-state index in [-0.39, 0.29) is 5.91 Å². The first-order valence-electron chi connectivity index (χ1n) is 5.63. The molecule has 1 aliphatic rings. The fourth-order valence-corrected chi connectivity index (χ4v) is 2.04. The van der Waals surface area contributed by atoms with Crippen molar-refractivity contribution >= 4 is 17.7 Å². The number of hydrogen-bond acceptors (Lipinski definition) is 3. The fraction of sp³-hybridized carbons (Fsp3) is 0.909. The second-order valence-corrected chi connectivity index (χ2v) is 5.28. The molecule has 0 bridgehead atoms. The van der Waals surface area contributed by atoms with Crippen LogP contribution in [-0.4, -0.2) is 48.5 Å². The van der Waals surface area contributed by atoms with E-state index in [9.17, 15) is 4.79 Å². The van der Waals surface area contributed by atoms with Crippen LogP contribution in [0.2, 0.25) is 0 Å². The predicted octanol–water partition coefficient (Wildman–Crippen LogP) is 1.34. The van der Waals surface area contributed by atoms with Crippen molar-refractivity contribution in [2.24, 2.45) is 0 Å². The molecule has 1 N–H and O–H groups in total. The molecule has 1 atom stereocenters. The van der Waals surface area contributed by atoms with Crippen molar-refractivity contribution in [3.8, 4) is 0 Å². The summed E-state index contributed by atoms with van der Waals surface area (Å²) >= 11 is 1.85. The van der Waals surface area contributed by atoms with E-state index in [1.165, 1.54) is 12.8 Å². The van der Waals surface area contributed by atoms with Crippen molar-refractivity contribution in [3.63, 3.8) is 0 Å². The van der Waals surface area contributed by atoms with Crippen LogP contribution in [0, 0.1) is 0 Å². The molecular formula is C11H22N2OS. The van der Waals surface area contributed by atoms with E-state index in [1.807, 2.05) is 23.7 Å². The smallest absolute Gasteiger partial charge is 0.236 e. The Kier molecular flexibility index (Phi) is 5.47. The van der Waals surface area contributed by atoms with Crippen LogP contribution in [0.3, 0.4) is 0 Å². The molecule has 1 unspecified atom stereocenters. The van der Waals surface area contributed by atoms with Crippen LogP contribution in [0.4, 0.5) is 0 Å². The molecule has 0 aromatic heterocycles. The highest BCUT2D eigenvalue weighted by Gasteiger charge is 2.29. The summed E-state index contributed by atoms with van der Waals surface area (Å²) in [7, 11) is 1.91. The van der Waals surface area contributed by atoms with E-state index < -0.39 is 0 Å². The summed E-state index contributed by atoms with van der Waals surface area (Å²) in [5.41, 5.74) is 0. The third-order valence-electron chi connectivity index (χ3n) is 2.84. The van der Waals surface area contributed by atoms with E-state index >= 15 is 0 Å². The molecule has 0 saturated heterocycles. The second-order valence-electron chi connectivity index (χ2n) is 4.30. The lowest BCUT2D eigenvalue weighted by Gasteiger charge is -2.18. The van der Waals surface area contributed by atoms with Gasteiger partial charge in [-0.15, -0.1) is 0 Å². The molecule has 0 aromatic rings. The van der Waals surface area contributed by atoms with Gasteiger partial charge in [0.15, 0.2) is 0 Å². The van der Waals surface area contributed by atoms with Crippen LogP contribution in [0.25, 0.3) is 0 Å².